The molecule has 0 saturated carbocycles. The van der Waals surface area contributed by atoms with Crippen molar-refractivity contribution in [2.75, 3.05) is 0 Å². The molecule has 0 rings (SSSR count). The summed E-state index contributed by atoms with van der Waals surface area (Å²) >= 11 is 0. The lowest BCUT2D eigenvalue weighted by atomic mass is 10.4. The molecule has 114 valence electrons. The van der Waals surface area contributed by atoms with E-state index in [4.69, 9.17) is 0 Å². The standard InChI is InChI=1S/C4H8.C3H6.6C2H4/c1-3-4-2;1-3-2;6*1-2/h1-4H2;1-3H2;6*1-2H2. The van der Waals surface area contributed by atoms with E-state index < -0.39 is 0 Å². The maximum absolute atomic E-state index is 3.54. The van der Waals surface area contributed by atoms with Gasteiger partial charge >= 0.3 is 0 Å². The van der Waals surface area contributed by atoms with E-state index in [2.05, 4.69) is 107 Å². The predicted molar refractivity (Wildman–Crippen MR) is 103 cm³/mol. The van der Waals surface area contributed by atoms with Crippen molar-refractivity contribution in [2.24, 2.45) is 0 Å². The van der Waals surface area contributed by atoms with Crippen LogP contribution in [0.5, 0.6) is 0 Å². The average molecular weight is 267 g/mol. The topological polar surface area (TPSA) is 0 Å². The molecule has 0 bridgehead atoms. The zero-order valence-electron chi connectivity index (χ0n) is 13.4. The molecular weight excluding hydrogens is 228 g/mol. The van der Waals surface area contributed by atoms with Gasteiger partial charge < -0.3 is 6.92 Å². The summed E-state index contributed by atoms with van der Waals surface area (Å²) in [6.45, 7) is 49.8. The molecule has 0 spiro atoms. The molecule has 0 nitrogen and oxygen atoms in total. The highest BCUT2D eigenvalue weighted by atomic mass is 13.6. The molecule has 0 saturated heterocycles. The summed E-state index contributed by atoms with van der Waals surface area (Å²) in [6.07, 6.45) is 2.67. The highest BCUT2D eigenvalue weighted by molar-refractivity contribution is 4.38. The predicted octanol–water partition coefficient (Wildman–Crippen LogP) is 7.29. The van der Waals surface area contributed by atoms with Gasteiger partial charge in [-0.05, 0) is 6.42 Å². The van der Waals surface area contributed by atoms with E-state index in [-0.39, 0.29) is 0 Å². The molecule has 0 atom stereocenters. The third kappa shape index (κ3) is 4840. The lowest BCUT2D eigenvalue weighted by Gasteiger charge is -1.71. The lowest BCUT2D eigenvalue weighted by Crippen LogP contribution is -1.49. The minimum absolute atomic E-state index is 0.750. The van der Waals surface area contributed by atoms with Crippen molar-refractivity contribution in [3.05, 3.63) is 107 Å². The third-order valence-electron chi connectivity index (χ3n) is 0.250. The first kappa shape index (κ1) is 53.4. The molecule has 0 heteroatoms. The first-order chi connectivity index (χ1) is 9.33. The molecule has 0 aliphatic carbocycles. The fourth-order valence-corrected chi connectivity index (χ4v) is 0. The average Bonchev–Trinajstić information content (AvgIpc) is 2.59. The summed E-state index contributed by atoms with van der Waals surface area (Å²) in [5, 5.41) is 0. The largest absolute Gasteiger partial charge is 0.339 e. The fraction of sp³-hybridized carbons (Fsp3) is 0.158. The molecule has 0 heterocycles. The molecule has 0 aromatic carbocycles. The van der Waals surface area contributed by atoms with E-state index in [9.17, 15) is 0 Å². The van der Waals surface area contributed by atoms with Crippen LogP contribution in [0.1, 0.15) is 19.3 Å². The van der Waals surface area contributed by atoms with Crippen LogP contribution in [0.2, 0.25) is 0 Å². The summed E-state index contributed by atoms with van der Waals surface area (Å²) < 4.78 is 0. The van der Waals surface area contributed by atoms with Crippen molar-refractivity contribution < 1.29 is 0 Å². The van der Waals surface area contributed by atoms with Crippen LogP contribution in [0.15, 0.2) is 78.9 Å². The molecule has 19 heavy (non-hydrogen) atoms. The maximum Gasteiger partial charge on any atom is 0.0587 e. The van der Waals surface area contributed by atoms with Gasteiger partial charge in [-0.3, -0.25) is 6.92 Å². The van der Waals surface area contributed by atoms with E-state index in [0.717, 1.165) is 19.3 Å². The van der Waals surface area contributed by atoms with Crippen LogP contribution in [-0.2, 0) is 0 Å². The van der Waals surface area contributed by atoms with E-state index in [1.165, 1.54) is 0 Å². The number of hydrogen-bond donors (Lipinski definition) is 0. The van der Waals surface area contributed by atoms with Crippen molar-refractivity contribution in [2.45, 2.75) is 19.3 Å². The molecule has 0 aliphatic heterocycles. The van der Waals surface area contributed by atoms with Crippen LogP contribution in [-0.4, -0.2) is 0 Å². The van der Waals surface area contributed by atoms with E-state index in [0.29, 0.717) is 0 Å². The Morgan fingerprint density at radius 3 is 0.579 bits per heavy atom. The maximum atomic E-state index is 3.54. The van der Waals surface area contributed by atoms with Crippen molar-refractivity contribution in [1.82, 2.24) is 0 Å². The van der Waals surface area contributed by atoms with Crippen molar-refractivity contribution in [3.8, 4) is 0 Å². The summed E-state index contributed by atoms with van der Waals surface area (Å²) in [7, 11) is 0. The number of unbranched alkanes of at least 4 members (excludes halogenated alkanes) is 1. The first-order valence-electron chi connectivity index (χ1n) is 5.50. The van der Waals surface area contributed by atoms with Crippen LogP contribution in [0.4, 0.5) is 0 Å². The van der Waals surface area contributed by atoms with Crippen LogP contribution in [0.3, 0.4) is 0 Å². The Hall–Kier alpha value is -1.82. The normalized spacial score (nSPS) is 3.68. The Labute approximate surface area is 126 Å². The van der Waals surface area contributed by atoms with Crippen molar-refractivity contribution in [3.63, 3.8) is 0 Å². The monoisotopic (exact) mass is 266 g/mol. The SMILES string of the molecule is C=C.C=C.C=C.C=C.C=C.C=C.[CH2+]CC[CH2-].[CH2+]C[CH2-]. The fourth-order valence-electron chi connectivity index (χ4n) is 0. The van der Waals surface area contributed by atoms with Gasteiger partial charge in [-0.15, -0.1) is 85.4 Å². The molecule has 0 radical (unpaired) electrons. The molecule has 0 N–H and O–H groups in total. The van der Waals surface area contributed by atoms with Crippen LogP contribution in [0.25, 0.3) is 0 Å². The molecule has 0 aromatic rings. The van der Waals surface area contributed by atoms with Gasteiger partial charge in [0.05, 0.1) is 13.3 Å². The first-order valence-corrected chi connectivity index (χ1v) is 5.50. The molecule has 0 fully saturated rings. The highest BCUT2D eigenvalue weighted by Crippen LogP contribution is 1.75. The summed E-state index contributed by atoms with van der Waals surface area (Å²) in [5.41, 5.74) is 0. The van der Waals surface area contributed by atoms with Crippen LogP contribution >= 0.6 is 0 Å². The van der Waals surface area contributed by atoms with E-state index >= 15 is 0 Å². The van der Waals surface area contributed by atoms with Gasteiger partial charge in [-0.1, -0.05) is 0 Å². The number of hydrogen-bond acceptors (Lipinski definition) is 0. The van der Waals surface area contributed by atoms with E-state index in [1.54, 1.807) is 0 Å². The Bertz CT molecular complexity index is 39.5. The van der Waals surface area contributed by atoms with Gasteiger partial charge in [-0.25, -0.2) is 0 Å². The Balaban J connectivity index is -0.0000000124. The van der Waals surface area contributed by atoms with Gasteiger partial charge in [0.1, 0.15) is 0 Å². The summed E-state index contributed by atoms with van der Waals surface area (Å²) in [4.78, 5) is 0. The zero-order valence-corrected chi connectivity index (χ0v) is 13.4. The van der Waals surface area contributed by atoms with Gasteiger partial charge in [0.2, 0.25) is 0 Å². The Kier molecular flexibility index (Phi) is 7520. The van der Waals surface area contributed by atoms with Crippen molar-refractivity contribution in [1.29, 1.82) is 0 Å². The quantitative estimate of drug-likeness (QED) is 0.345. The third-order valence-corrected chi connectivity index (χ3v) is 0.250. The number of rotatable bonds is 1. The Morgan fingerprint density at radius 1 is 0.526 bits per heavy atom. The summed E-state index contributed by atoms with van der Waals surface area (Å²) in [5.74, 6) is 0. The Morgan fingerprint density at radius 2 is 0.579 bits per heavy atom. The smallest absolute Gasteiger partial charge is 0.0587 e. The minimum atomic E-state index is 0.750. The molecular formula is C19H38. The zero-order chi connectivity index (χ0) is 18.1. The molecule has 0 amide bonds. The highest BCUT2D eigenvalue weighted by Gasteiger charge is 1.57. The second kappa shape index (κ2) is 2680. The lowest BCUT2D eigenvalue weighted by molar-refractivity contribution is 1.05. The van der Waals surface area contributed by atoms with Gasteiger partial charge in [0.25, 0.3) is 0 Å². The van der Waals surface area contributed by atoms with Gasteiger partial charge in [-0.2, -0.15) is 0 Å². The second-order valence-corrected chi connectivity index (χ2v) is 1.06. The van der Waals surface area contributed by atoms with Gasteiger partial charge in [0.15, 0.2) is 0 Å². The summed E-state index contributed by atoms with van der Waals surface area (Å²) in [6, 6.07) is 0. The molecule has 0 aliphatic rings. The van der Waals surface area contributed by atoms with Crippen LogP contribution in [0, 0.1) is 27.7 Å². The molecule has 0 unspecified atom stereocenters. The van der Waals surface area contributed by atoms with Crippen LogP contribution < -0.4 is 0 Å². The van der Waals surface area contributed by atoms with Gasteiger partial charge in [0, 0.05) is 6.92 Å². The van der Waals surface area contributed by atoms with E-state index in [1.807, 2.05) is 0 Å². The van der Waals surface area contributed by atoms with Crippen molar-refractivity contribution >= 4 is 0 Å². The minimum Gasteiger partial charge on any atom is -0.339 e. The second-order valence-electron chi connectivity index (χ2n) is 1.06. The molecule has 0 aromatic heterocycles.